The molecule has 0 saturated carbocycles. The van der Waals surface area contributed by atoms with Crippen LogP contribution in [0.3, 0.4) is 0 Å². The molecule has 1 rings (SSSR count). The van der Waals surface area contributed by atoms with Crippen LogP contribution in [-0.2, 0) is 9.47 Å². The number of unbranched alkanes of at least 4 members (excludes halogenated alkanes) is 1. The Morgan fingerprint density at radius 1 is 1.20 bits per heavy atom. The number of nitrogens with two attached hydrogens (primary N) is 1. The number of anilines is 1. The first-order valence-corrected chi connectivity index (χ1v) is 6.96. The van der Waals surface area contributed by atoms with Crippen molar-refractivity contribution in [3.05, 3.63) is 23.8 Å². The van der Waals surface area contributed by atoms with Gasteiger partial charge in [0.1, 0.15) is 12.4 Å². The largest absolute Gasteiger partial charge is 0.489 e. The van der Waals surface area contributed by atoms with Gasteiger partial charge < -0.3 is 19.9 Å². The second-order valence-corrected chi connectivity index (χ2v) is 4.29. The number of benzene rings is 1. The van der Waals surface area contributed by atoms with E-state index in [1.54, 1.807) is 25.1 Å². The van der Waals surface area contributed by atoms with Crippen molar-refractivity contribution in [3.8, 4) is 5.75 Å². The van der Waals surface area contributed by atoms with Crippen molar-refractivity contribution >= 4 is 11.7 Å². The molecule has 1 aromatic carbocycles. The fourth-order valence-corrected chi connectivity index (χ4v) is 1.58. The third-order valence-electron chi connectivity index (χ3n) is 2.65. The molecule has 0 fully saturated rings. The smallest absolute Gasteiger partial charge is 0.338 e. The van der Waals surface area contributed by atoms with Gasteiger partial charge in [-0.3, -0.25) is 0 Å². The number of carbonyl (C=O) groups excluding carboxylic acids is 1. The lowest BCUT2D eigenvalue weighted by Gasteiger charge is -2.10. The van der Waals surface area contributed by atoms with Crippen LogP contribution >= 0.6 is 0 Å². The van der Waals surface area contributed by atoms with Crippen molar-refractivity contribution in [1.29, 1.82) is 0 Å². The van der Waals surface area contributed by atoms with Crippen LogP contribution in [0.1, 0.15) is 37.0 Å². The molecule has 0 heterocycles. The number of rotatable bonds is 9. The number of nitrogen functional groups attached to an aromatic ring is 1. The molecule has 0 aliphatic heterocycles. The number of carbonyl (C=O) groups is 1. The van der Waals surface area contributed by atoms with Crippen LogP contribution in [0.2, 0.25) is 0 Å². The molecule has 2 N–H and O–H groups in total. The Kier molecular flexibility index (Phi) is 7.50. The lowest BCUT2D eigenvalue weighted by molar-refractivity contribution is 0.0526. The highest BCUT2D eigenvalue weighted by Gasteiger charge is 2.09. The Morgan fingerprint density at radius 3 is 2.65 bits per heavy atom. The maximum absolute atomic E-state index is 11.5. The Hall–Kier alpha value is -1.75. The Labute approximate surface area is 120 Å². The second-order valence-electron chi connectivity index (χ2n) is 4.29. The standard InChI is InChI=1S/C15H23NO4/c1-3-5-8-18-9-10-20-14-7-6-12(11-13(14)16)15(17)19-4-2/h6-7,11H,3-5,8-10,16H2,1-2H3. The van der Waals surface area contributed by atoms with Gasteiger partial charge in [0.15, 0.2) is 0 Å². The summed E-state index contributed by atoms with van der Waals surface area (Å²) in [7, 11) is 0. The summed E-state index contributed by atoms with van der Waals surface area (Å²) in [5, 5.41) is 0. The first-order chi connectivity index (χ1) is 9.69. The van der Waals surface area contributed by atoms with E-state index in [1.165, 1.54) is 0 Å². The molecule has 0 amide bonds. The van der Waals surface area contributed by atoms with Crippen molar-refractivity contribution < 1.29 is 19.0 Å². The summed E-state index contributed by atoms with van der Waals surface area (Å²) >= 11 is 0. The van der Waals surface area contributed by atoms with E-state index in [0.29, 0.717) is 36.8 Å². The summed E-state index contributed by atoms with van der Waals surface area (Å²) in [5.41, 5.74) is 6.69. The Balaban J connectivity index is 2.42. The predicted molar refractivity (Wildman–Crippen MR) is 78.0 cm³/mol. The van der Waals surface area contributed by atoms with Crippen molar-refractivity contribution in [2.24, 2.45) is 0 Å². The molecule has 0 radical (unpaired) electrons. The van der Waals surface area contributed by atoms with Crippen LogP contribution in [0.25, 0.3) is 0 Å². The summed E-state index contributed by atoms with van der Waals surface area (Å²) in [6.07, 6.45) is 2.17. The quantitative estimate of drug-likeness (QED) is 0.428. The van der Waals surface area contributed by atoms with Gasteiger partial charge >= 0.3 is 5.97 Å². The van der Waals surface area contributed by atoms with Gasteiger partial charge in [-0.25, -0.2) is 4.79 Å². The van der Waals surface area contributed by atoms with E-state index in [-0.39, 0.29) is 5.97 Å². The topological polar surface area (TPSA) is 70.8 Å². The number of esters is 1. The highest BCUT2D eigenvalue weighted by molar-refractivity contribution is 5.91. The molecule has 0 aliphatic carbocycles. The van der Waals surface area contributed by atoms with E-state index in [1.807, 2.05) is 0 Å². The molecule has 0 unspecified atom stereocenters. The number of hydrogen-bond donors (Lipinski definition) is 1. The molecule has 5 nitrogen and oxygen atoms in total. The summed E-state index contributed by atoms with van der Waals surface area (Å²) in [6.45, 7) is 5.93. The molecular weight excluding hydrogens is 258 g/mol. The lowest BCUT2D eigenvalue weighted by atomic mass is 10.2. The van der Waals surface area contributed by atoms with E-state index in [2.05, 4.69) is 6.92 Å². The Morgan fingerprint density at radius 2 is 2.00 bits per heavy atom. The average Bonchev–Trinajstić information content (AvgIpc) is 2.44. The molecule has 20 heavy (non-hydrogen) atoms. The zero-order chi connectivity index (χ0) is 14.8. The van der Waals surface area contributed by atoms with Crippen LogP contribution in [0.5, 0.6) is 5.75 Å². The average molecular weight is 281 g/mol. The normalized spacial score (nSPS) is 10.3. The maximum atomic E-state index is 11.5. The van der Waals surface area contributed by atoms with E-state index in [4.69, 9.17) is 19.9 Å². The fraction of sp³-hybridized carbons (Fsp3) is 0.533. The first-order valence-electron chi connectivity index (χ1n) is 6.96. The van der Waals surface area contributed by atoms with Gasteiger partial charge in [0.05, 0.1) is 24.5 Å². The van der Waals surface area contributed by atoms with Gasteiger partial charge in [-0.2, -0.15) is 0 Å². The van der Waals surface area contributed by atoms with Gasteiger partial charge in [0.2, 0.25) is 0 Å². The predicted octanol–water partition coefficient (Wildman–Crippen LogP) is 2.64. The molecule has 0 atom stereocenters. The molecule has 0 bridgehead atoms. The van der Waals surface area contributed by atoms with Crippen molar-refractivity contribution in [2.75, 3.05) is 32.2 Å². The molecule has 0 spiro atoms. The third-order valence-corrected chi connectivity index (χ3v) is 2.65. The number of hydrogen-bond acceptors (Lipinski definition) is 5. The van der Waals surface area contributed by atoms with E-state index in [9.17, 15) is 4.79 Å². The highest BCUT2D eigenvalue weighted by Crippen LogP contribution is 2.22. The molecule has 1 aromatic rings. The number of ether oxygens (including phenoxy) is 3. The van der Waals surface area contributed by atoms with Gasteiger partial charge in [-0.1, -0.05) is 13.3 Å². The van der Waals surface area contributed by atoms with Crippen LogP contribution in [0.15, 0.2) is 18.2 Å². The van der Waals surface area contributed by atoms with Gasteiger partial charge in [-0.15, -0.1) is 0 Å². The zero-order valence-electron chi connectivity index (χ0n) is 12.2. The third kappa shape index (κ3) is 5.48. The van der Waals surface area contributed by atoms with Crippen LogP contribution in [0.4, 0.5) is 5.69 Å². The fourth-order valence-electron chi connectivity index (χ4n) is 1.58. The first kappa shape index (κ1) is 16.3. The van der Waals surface area contributed by atoms with Crippen molar-refractivity contribution in [2.45, 2.75) is 26.7 Å². The van der Waals surface area contributed by atoms with E-state index >= 15 is 0 Å². The van der Waals surface area contributed by atoms with Crippen LogP contribution in [0, 0.1) is 0 Å². The summed E-state index contributed by atoms with van der Waals surface area (Å²) in [4.78, 5) is 11.5. The van der Waals surface area contributed by atoms with Crippen LogP contribution in [-0.4, -0.2) is 32.4 Å². The van der Waals surface area contributed by atoms with E-state index in [0.717, 1.165) is 19.4 Å². The molecular formula is C15H23NO4. The molecule has 0 aromatic heterocycles. The molecule has 5 heteroatoms. The minimum atomic E-state index is -0.381. The molecule has 112 valence electrons. The summed E-state index contributed by atoms with van der Waals surface area (Å²) < 4.78 is 15.8. The zero-order valence-corrected chi connectivity index (χ0v) is 12.2. The summed E-state index contributed by atoms with van der Waals surface area (Å²) in [6, 6.07) is 4.88. The van der Waals surface area contributed by atoms with Gasteiger partial charge in [-0.05, 0) is 31.5 Å². The van der Waals surface area contributed by atoms with Crippen molar-refractivity contribution in [1.82, 2.24) is 0 Å². The van der Waals surface area contributed by atoms with Gasteiger partial charge in [0.25, 0.3) is 0 Å². The SMILES string of the molecule is CCCCOCCOc1ccc(C(=O)OCC)cc1N. The highest BCUT2D eigenvalue weighted by atomic mass is 16.5. The second kappa shape index (κ2) is 9.20. The van der Waals surface area contributed by atoms with Gasteiger partial charge in [0, 0.05) is 6.61 Å². The minimum Gasteiger partial charge on any atom is -0.489 e. The van der Waals surface area contributed by atoms with Crippen LogP contribution < -0.4 is 10.5 Å². The van der Waals surface area contributed by atoms with E-state index < -0.39 is 0 Å². The summed E-state index contributed by atoms with van der Waals surface area (Å²) in [5.74, 6) is 0.172. The van der Waals surface area contributed by atoms with Crippen molar-refractivity contribution in [3.63, 3.8) is 0 Å². The monoisotopic (exact) mass is 281 g/mol. The minimum absolute atomic E-state index is 0.339. The maximum Gasteiger partial charge on any atom is 0.338 e. The lowest BCUT2D eigenvalue weighted by Crippen LogP contribution is -2.09. The molecule has 0 aliphatic rings. The molecule has 0 saturated heterocycles. The Bertz CT molecular complexity index is 420.